The van der Waals surface area contributed by atoms with Gasteiger partial charge in [0.15, 0.2) is 5.75 Å². The van der Waals surface area contributed by atoms with Crippen LogP contribution < -0.4 is 10.3 Å². The Morgan fingerprint density at radius 2 is 1.89 bits per heavy atom. The van der Waals surface area contributed by atoms with Crippen molar-refractivity contribution < 1.29 is 4.74 Å². The summed E-state index contributed by atoms with van der Waals surface area (Å²) >= 11 is 0. The quantitative estimate of drug-likeness (QED) is 0.808. The van der Waals surface area contributed by atoms with Crippen LogP contribution in [-0.2, 0) is 13.2 Å². The number of aromatic nitrogens is 1. The van der Waals surface area contributed by atoms with Crippen LogP contribution in [0.5, 0.6) is 5.75 Å². The molecule has 3 nitrogen and oxygen atoms in total. The average Bonchev–Trinajstić information content (AvgIpc) is 2.41. The standard InChI is InChI=1S/C15H17NO2/c1-2-10-16-11-6-9-14(15(16)17)18-12-13-7-4-3-5-8-13/h3-9,11H,2,10,12H2,1H3. The Morgan fingerprint density at radius 1 is 1.11 bits per heavy atom. The minimum Gasteiger partial charge on any atom is -0.483 e. The van der Waals surface area contributed by atoms with Crippen LogP contribution in [0.4, 0.5) is 0 Å². The molecule has 0 bridgehead atoms. The summed E-state index contributed by atoms with van der Waals surface area (Å²) in [6, 6.07) is 13.4. The van der Waals surface area contributed by atoms with Crippen molar-refractivity contribution in [1.29, 1.82) is 0 Å². The van der Waals surface area contributed by atoms with Crippen LogP contribution in [0.15, 0.2) is 53.5 Å². The molecule has 0 saturated heterocycles. The van der Waals surface area contributed by atoms with Crippen molar-refractivity contribution in [2.45, 2.75) is 26.5 Å². The first-order chi connectivity index (χ1) is 8.81. The van der Waals surface area contributed by atoms with E-state index in [0.29, 0.717) is 12.4 Å². The smallest absolute Gasteiger partial charge is 0.292 e. The molecule has 0 aliphatic carbocycles. The summed E-state index contributed by atoms with van der Waals surface area (Å²) in [5, 5.41) is 0. The van der Waals surface area contributed by atoms with E-state index in [-0.39, 0.29) is 5.56 Å². The molecule has 0 aliphatic heterocycles. The largest absolute Gasteiger partial charge is 0.483 e. The van der Waals surface area contributed by atoms with Gasteiger partial charge < -0.3 is 9.30 Å². The van der Waals surface area contributed by atoms with Gasteiger partial charge >= 0.3 is 0 Å². The summed E-state index contributed by atoms with van der Waals surface area (Å²) in [7, 11) is 0. The molecule has 2 aromatic rings. The molecule has 2 rings (SSSR count). The topological polar surface area (TPSA) is 31.2 Å². The van der Waals surface area contributed by atoms with Crippen LogP contribution >= 0.6 is 0 Å². The first-order valence-corrected chi connectivity index (χ1v) is 6.17. The highest BCUT2D eigenvalue weighted by molar-refractivity contribution is 5.19. The Balaban J connectivity index is 2.10. The van der Waals surface area contributed by atoms with Crippen molar-refractivity contribution in [2.75, 3.05) is 0 Å². The van der Waals surface area contributed by atoms with E-state index < -0.39 is 0 Å². The first-order valence-electron chi connectivity index (χ1n) is 6.17. The summed E-state index contributed by atoms with van der Waals surface area (Å²) in [6.07, 6.45) is 2.73. The first kappa shape index (κ1) is 12.4. The molecule has 0 N–H and O–H groups in total. The van der Waals surface area contributed by atoms with Crippen molar-refractivity contribution in [3.8, 4) is 5.75 Å². The third-order valence-electron chi connectivity index (χ3n) is 2.69. The molecule has 94 valence electrons. The molecular formula is C15H17NO2. The maximum atomic E-state index is 12.0. The highest BCUT2D eigenvalue weighted by Gasteiger charge is 2.03. The molecule has 0 spiro atoms. The number of aryl methyl sites for hydroxylation is 1. The van der Waals surface area contributed by atoms with Crippen LogP contribution in [0.25, 0.3) is 0 Å². The number of ether oxygens (including phenoxy) is 1. The van der Waals surface area contributed by atoms with Gasteiger partial charge in [0.2, 0.25) is 0 Å². The van der Waals surface area contributed by atoms with Crippen molar-refractivity contribution in [1.82, 2.24) is 4.57 Å². The van der Waals surface area contributed by atoms with Crippen LogP contribution in [-0.4, -0.2) is 4.57 Å². The predicted molar refractivity (Wildman–Crippen MR) is 71.8 cm³/mol. The minimum absolute atomic E-state index is 0.0599. The van der Waals surface area contributed by atoms with Crippen molar-refractivity contribution >= 4 is 0 Å². The molecule has 0 fully saturated rings. The van der Waals surface area contributed by atoms with Crippen molar-refractivity contribution in [3.63, 3.8) is 0 Å². The summed E-state index contributed by atoms with van der Waals surface area (Å²) in [4.78, 5) is 12.0. The monoisotopic (exact) mass is 243 g/mol. The normalized spacial score (nSPS) is 10.3. The number of hydrogen-bond donors (Lipinski definition) is 0. The van der Waals surface area contributed by atoms with Crippen LogP contribution in [0.3, 0.4) is 0 Å². The number of pyridine rings is 1. The van der Waals surface area contributed by atoms with Crippen LogP contribution in [0, 0.1) is 0 Å². The molecule has 0 unspecified atom stereocenters. The van der Waals surface area contributed by atoms with E-state index in [0.717, 1.165) is 18.5 Å². The zero-order valence-corrected chi connectivity index (χ0v) is 10.5. The fraction of sp³-hybridized carbons (Fsp3) is 0.267. The van der Waals surface area contributed by atoms with Gasteiger partial charge in [0, 0.05) is 12.7 Å². The molecule has 0 saturated carbocycles. The third-order valence-corrected chi connectivity index (χ3v) is 2.69. The minimum atomic E-state index is -0.0599. The molecule has 0 atom stereocenters. The van der Waals surface area contributed by atoms with Gasteiger partial charge in [0.1, 0.15) is 6.61 Å². The molecule has 18 heavy (non-hydrogen) atoms. The summed E-state index contributed by atoms with van der Waals surface area (Å²) in [6.45, 7) is 3.19. The maximum Gasteiger partial charge on any atom is 0.292 e. The Kier molecular flexibility index (Phi) is 4.18. The fourth-order valence-electron chi connectivity index (χ4n) is 1.78. The van der Waals surface area contributed by atoms with E-state index in [1.165, 1.54) is 0 Å². The molecule has 1 heterocycles. The summed E-state index contributed by atoms with van der Waals surface area (Å²) in [5.41, 5.74) is 0.998. The van der Waals surface area contributed by atoms with Gasteiger partial charge in [-0.1, -0.05) is 37.3 Å². The Morgan fingerprint density at radius 3 is 2.61 bits per heavy atom. The second kappa shape index (κ2) is 6.05. The van der Waals surface area contributed by atoms with E-state index in [9.17, 15) is 4.79 Å². The van der Waals surface area contributed by atoms with Crippen molar-refractivity contribution in [3.05, 3.63) is 64.6 Å². The van der Waals surface area contributed by atoms with E-state index >= 15 is 0 Å². The van der Waals surface area contributed by atoms with E-state index in [1.54, 1.807) is 16.8 Å². The number of nitrogens with zero attached hydrogens (tertiary/aromatic N) is 1. The SMILES string of the molecule is CCCn1cccc(OCc2ccccc2)c1=O. The van der Waals surface area contributed by atoms with Gasteiger partial charge in [0.25, 0.3) is 5.56 Å². The lowest BCUT2D eigenvalue weighted by Crippen LogP contribution is -2.20. The molecule has 0 amide bonds. The molecule has 1 aromatic carbocycles. The summed E-state index contributed by atoms with van der Waals surface area (Å²) in [5.74, 6) is 0.412. The van der Waals surface area contributed by atoms with Crippen molar-refractivity contribution in [2.24, 2.45) is 0 Å². The second-order valence-electron chi connectivity index (χ2n) is 4.15. The van der Waals surface area contributed by atoms with Gasteiger partial charge in [-0.05, 0) is 24.1 Å². The molecule has 1 aromatic heterocycles. The van der Waals surface area contributed by atoms with E-state index in [1.807, 2.05) is 43.3 Å². The molecular weight excluding hydrogens is 226 g/mol. The van der Waals surface area contributed by atoms with Gasteiger partial charge in [0.05, 0.1) is 0 Å². The lowest BCUT2D eigenvalue weighted by Gasteiger charge is -2.08. The average molecular weight is 243 g/mol. The predicted octanol–water partition coefficient (Wildman–Crippen LogP) is 2.84. The van der Waals surface area contributed by atoms with Gasteiger partial charge in [-0.3, -0.25) is 4.79 Å². The zero-order valence-electron chi connectivity index (χ0n) is 10.5. The van der Waals surface area contributed by atoms with Gasteiger partial charge in [-0.25, -0.2) is 0 Å². The highest BCUT2D eigenvalue weighted by Crippen LogP contribution is 2.07. The Labute approximate surface area is 107 Å². The van der Waals surface area contributed by atoms with Crippen LogP contribution in [0.2, 0.25) is 0 Å². The van der Waals surface area contributed by atoms with E-state index in [2.05, 4.69) is 0 Å². The Hall–Kier alpha value is -2.03. The fourth-order valence-corrected chi connectivity index (χ4v) is 1.78. The molecule has 0 aliphatic rings. The van der Waals surface area contributed by atoms with Crippen LogP contribution in [0.1, 0.15) is 18.9 Å². The lowest BCUT2D eigenvalue weighted by atomic mass is 10.2. The maximum absolute atomic E-state index is 12.0. The van der Waals surface area contributed by atoms with Gasteiger partial charge in [-0.2, -0.15) is 0 Å². The number of rotatable bonds is 5. The number of hydrogen-bond acceptors (Lipinski definition) is 2. The van der Waals surface area contributed by atoms with E-state index in [4.69, 9.17) is 4.74 Å². The Bertz CT molecular complexity index is 546. The highest BCUT2D eigenvalue weighted by atomic mass is 16.5. The zero-order chi connectivity index (χ0) is 12.8. The second-order valence-corrected chi connectivity index (χ2v) is 4.15. The third kappa shape index (κ3) is 3.00. The summed E-state index contributed by atoms with van der Waals surface area (Å²) < 4.78 is 7.26. The number of benzene rings is 1. The molecule has 0 radical (unpaired) electrons. The van der Waals surface area contributed by atoms with Gasteiger partial charge in [-0.15, -0.1) is 0 Å². The molecule has 3 heteroatoms. The lowest BCUT2D eigenvalue weighted by molar-refractivity contribution is 0.299.